The first kappa shape index (κ1) is 12.1. The predicted molar refractivity (Wildman–Crippen MR) is 62.4 cm³/mol. The summed E-state index contributed by atoms with van der Waals surface area (Å²) < 4.78 is 0. The fraction of sp³-hybridized carbons (Fsp3) is 0.667. The molecule has 0 bridgehead atoms. The van der Waals surface area contributed by atoms with Crippen molar-refractivity contribution in [3.05, 3.63) is 12.2 Å². The topological polar surface area (TPSA) is 78.4 Å². The smallest absolute Gasteiger partial charge is 0.310 e. The summed E-state index contributed by atoms with van der Waals surface area (Å²) in [6.45, 7) is 1.23. The molecule has 0 aliphatic heterocycles. The molecule has 2 rings (SSSR count). The molecule has 2 aliphatic rings. The molecular weight excluding hydrogens is 220 g/mol. The molecule has 3 N–H and O–H groups in total. The van der Waals surface area contributed by atoms with Gasteiger partial charge >= 0.3 is 5.97 Å². The number of hydrogen-bond acceptors (Lipinski definition) is 3. The zero-order chi connectivity index (χ0) is 12.3. The van der Waals surface area contributed by atoms with E-state index in [4.69, 9.17) is 5.11 Å². The summed E-state index contributed by atoms with van der Waals surface area (Å²) in [4.78, 5) is 22.2. The van der Waals surface area contributed by atoms with E-state index in [-0.39, 0.29) is 11.9 Å². The average molecular weight is 238 g/mol. The Morgan fingerprint density at radius 3 is 2.65 bits per heavy atom. The van der Waals surface area contributed by atoms with E-state index >= 15 is 0 Å². The van der Waals surface area contributed by atoms with Crippen LogP contribution in [0.1, 0.15) is 19.3 Å². The van der Waals surface area contributed by atoms with Crippen molar-refractivity contribution in [2.45, 2.75) is 25.3 Å². The zero-order valence-corrected chi connectivity index (χ0v) is 9.69. The van der Waals surface area contributed by atoms with Crippen LogP contribution in [0.2, 0.25) is 0 Å². The Hall–Kier alpha value is -1.36. The third kappa shape index (κ3) is 3.85. The van der Waals surface area contributed by atoms with Gasteiger partial charge < -0.3 is 15.7 Å². The van der Waals surface area contributed by atoms with Crippen molar-refractivity contribution < 1.29 is 14.7 Å². The molecule has 94 valence electrons. The lowest BCUT2D eigenvalue weighted by atomic mass is 10.1. The van der Waals surface area contributed by atoms with Crippen molar-refractivity contribution >= 4 is 11.9 Å². The van der Waals surface area contributed by atoms with Crippen molar-refractivity contribution in [3.63, 3.8) is 0 Å². The van der Waals surface area contributed by atoms with Gasteiger partial charge in [0.05, 0.1) is 12.5 Å². The monoisotopic (exact) mass is 238 g/mol. The van der Waals surface area contributed by atoms with Crippen LogP contribution in [0.25, 0.3) is 0 Å². The summed E-state index contributed by atoms with van der Waals surface area (Å²) in [5.41, 5.74) is 0. The van der Waals surface area contributed by atoms with E-state index in [1.54, 1.807) is 12.2 Å². The number of carbonyl (C=O) groups is 2. The number of nitrogens with one attached hydrogen (secondary N) is 2. The van der Waals surface area contributed by atoms with Crippen LogP contribution in [0.3, 0.4) is 0 Å². The van der Waals surface area contributed by atoms with E-state index in [0.29, 0.717) is 13.0 Å². The number of carboxylic acids is 1. The number of carboxylic acid groups (broad SMARTS) is 1. The van der Waals surface area contributed by atoms with Crippen LogP contribution in [-0.4, -0.2) is 36.1 Å². The molecule has 17 heavy (non-hydrogen) atoms. The second-order valence-corrected chi connectivity index (χ2v) is 4.81. The highest BCUT2D eigenvalue weighted by Gasteiger charge is 2.25. The quantitative estimate of drug-likeness (QED) is 0.575. The molecule has 0 radical (unpaired) electrons. The Bertz CT molecular complexity index is 337. The number of aliphatic carboxylic acids is 1. The highest BCUT2D eigenvalue weighted by molar-refractivity contribution is 5.79. The van der Waals surface area contributed by atoms with Gasteiger partial charge in [-0.25, -0.2) is 0 Å². The maximum absolute atomic E-state index is 11.5. The molecule has 2 aliphatic carbocycles. The fourth-order valence-corrected chi connectivity index (χ4v) is 1.96. The van der Waals surface area contributed by atoms with E-state index in [1.807, 2.05) is 0 Å². The summed E-state index contributed by atoms with van der Waals surface area (Å²) in [5, 5.41) is 14.7. The van der Waals surface area contributed by atoms with Gasteiger partial charge in [0.25, 0.3) is 0 Å². The third-order valence-electron chi connectivity index (χ3n) is 3.16. The second-order valence-electron chi connectivity index (χ2n) is 4.81. The first-order chi connectivity index (χ1) is 8.15. The second kappa shape index (κ2) is 5.31. The normalized spacial score (nSPS) is 27.1. The highest BCUT2D eigenvalue weighted by Crippen LogP contribution is 2.27. The third-order valence-corrected chi connectivity index (χ3v) is 3.16. The minimum Gasteiger partial charge on any atom is -0.481 e. The molecule has 0 aromatic rings. The van der Waals surface area contributed by atoms with Gasteiger partial charge in [-0.15, -0.1) is 0 Å². The molecule has 0 heterocycles. The summed E-state index contributed by atoms with van der Waals surface area (Å²) in [7, 11) is 0. The molecule has 0 aromatic heterocycles. The minimum atomic E-state index is -0.829. The average Bonchev–Trinajstić information content (AvgIpc) is 2.96. The molecule has 0 spiro atoms. The fourth-order valence-electron chi connectivity index (χ4n) is 1.96. The van der Waals surface area contributed by atoms with Gasteiger partial charge in [0.2, 0.25) is 5.91 Å². The number of carbonyl (C=O) groups excluding carboxylic acids is 1. The van der Waals surface area contributed by atoms with Crippen LogP contribution in [0.4, 0.5) is 0 Å². The Morgan fingerprint density at radius 1 is 1.29 bits per heavy atom. The maximum atomic E-state index is 11.5. The van der Waals surface area contributed by atoms with Crippen molar-refractivity contribution in [3.8, 4) is 0 Å². The lowest BCUT2D eigenvalue weighted by Gasteiger charge is -2.12. The van der Waals surface area contributed by atoms with Crippen molar-refractivity contribution in [1.82, 2.24) is 10.6 Å². The lowest BCUT2D eigenvalue weighted by molar-refractivity contribution is -0.140. The minimum absolute atomic E-state index is 0.0636. The van der Waals surface area contributed by atoms with Crippen LogP contribution in [0.15, 0.2) is 12.2 Å². The van der Waals surface area contributed by atoms with E-state index < -0.39 is 11.9 Å². The van der Waals surface area contributed by atoms with E-state index in [2.05, 4.69) is 10.6 Å². The first-order valence-corrected chi connectivity index (χ1v) is 6.06. The summed E-state index contributed by atoms with van der Waals surface area (Å²) in [5.74, 6) is -0.596. The maximum Gasteiger partial charge on any atom is 0.310 e. The molecule has 2 atom stereocenters. The van der Waals surface area contributed by atoms with Crippen LogP contribution >= 0.6 is 0 Å². The molecule has 0 saturated heterocycles. The number of amides is 1. The van der Waals surface area contributed by atoms with E-state index in [0.717, 1.165) is 12.5 Å². The number of rotatable bonds is 6. The van der Waals surface area contributed by atoms with Crippen LogP contribution in [0, 0.1) is 11.8 Å². The lowest BCUT2D eigenvalue weighted by Crippen LogP contribution is -2.39. The molecule has 5 heteroatoms. The van der Waals surface area contributed by atoms with Crippen molar-refractivity contribution in [1.29, 1.82) is 0 Å². The van der Waals surface area contributed by atoms with Gasteiger partial charge in [-0.3, -0.25) is 9.59 Å². The Morgan fingerprint density at radius 2 is 2.06 bits per heavy atom. The Balaban J connectivity index is 1.62. The molecular formula is C12H18N2O3. The van der Waals surface area contributed by atoms with Gasteiger partial charge in [-0.05, 0) is 31.7 Å². The summed E-state index contributed by atoms with van der Waals surface area (Å²) in [6, 6.07) is -0.133. The van der Waals surface area contributed by atoms with Crippen molar-refractivity contribution in [2.75, 3.05) is 13.1 Å². The molecule has 0 aromatic carbocycles. The largest absolute Gasteiger partial charge is 0.481 e. The Kier molecular flexibility index (Phi) is 3.78. The first-order valence-electron chi connectivity index (χ1n) is 6.06. The molecule has 5 nitrogen and oxygen atoms in total. The summed E-state index contributed by atoms with van der Waals surface area (Å²) >= 11 is 0. The van der Waals surface area contributed by atoms with Gasteiger partial charge in [0.1, 0.15) is 0 Å². The summed E-state index contributed by atoms with van der Waals surface area (Å²) in [6.07, 6.45) is 6.40. The molecule has 1 fully saturated rings. The van der Waals surface area contributed by atoms with Gasteiger partial charge in [0, 0.05) is 6.04 Å². The Labute approximate surface area is 100 Å². The van der Waals surface area contributed by atoms with Crippen LogP contribution in [-0.2, 0) is 9.59 Å². The van der Waals surface area contributed by atoms with Crippen molar-refractivity contribution in [2.24, 2.45) is 11.8 Å². The van der Waals surface area contributed by atoms with Crippen LogP contribution < -0.4 is 10.6 Å². The van der Waals surface area contributed by atoms with Crippen LogP contribution in [0.5, 0.6) is 0 Å². The van der Waals surface area contributed by atoms with Gasteiger partial charge in [-0.2, -0.15) is 0 Å². The van der Waals surface area contributed by atoms with Gasteiger partial charge in [-0.1, -0.05) is 12.2 Å². The van der Waals surface area contributed by atoms with E-state index in [1.165, 1.54) is 12.8 Å². The molecule has 1 amide bonds. The zero-order valence-electron chi connectivity index (χ0n) is 9.69. The standard InChI is InChI=1S/C12H18N2O3/c15-11(7-13-6-8-1-2-8)14-10-4-3-9(5-10)12(16)17/h3-4,8-10,13H,1-2,5-7H2,(H,14,15)(H,16,17). The highest BCUT2D eigenvalue weighted by atomic mass is 16.4. The molecule has 2 unspecified atom stereocenters. The SMILES string of the molecule is O=C(CNCC1CC1)NC1C=CC(C(=O)O)C1. The predicted octanol–water partition coefficient (Wildman–Crippen LogP) is 0.131. The molecule has 1 saturated carbocycles. The number of hydrogen-bond donors (Lipinski definition) is 3. The van der Waals surface area contributed by atoms with E-state index in [9.17, 15) is 9.59 Å². The van der Waals surface area contributed by atoms with Gasteiger partial charge in [0.15, 0.2) is 0 Å².